The molecule has 3 aromatic rings. The van der Waals surface area contributed by atoms with Gasteiger partial charge in [0.05, 0.1) is 5.56 Å². The average molecular weight is 510 g/mol. The Morgan fingerprint density at radius 2 is 1.76 bits per heavy atom. The Kier molecular flexibility index (Phi) is 5.94. The molecular weight excluding hydrogens is 483 g/mol. The second kappa shape index (κ2) is 9.32. The lowest BCUT2D eigenvalue weighted by atomic mass is 9.75. The summed E-state index contributed by atoms with van der Waals surface area (Å²) in [6, 6.07) is 16.5. The van der Waals surface area contributed by atoms with E-state index >= 15 is 0 Å². The quantitative estimate of drug-likeness (QED) is 0.418. The third-order valence-corrected chi connectivity index (χ3v) is 7.85. The van der Waals surface area contributed by atoms with Crippen molar-refractivity contribution in [1.29, 1.82) is 0 Å². The maximum atomic E-state index is 13.9. The predicted octanol–water partition coefficient (Wildman–Crippen LogP) is 6.34. The van der Waals surface area contributed by atoms with Crippen LogP contribution < -0.4 is 15.8 Å². The molecule has 0 bridgehead atoms. The van der Waals surface area contributed by atoms with E-state index < -0.39 is 17.7 Å². The number of carbonyl (C=O) groups excluding carboxylic acids is 1. The summed E-state index contributed by atoms with van der Waals surface area (Å²) >= 11 is 0. The number of Topliss-reactive ketones (excluding diaryl/α,β-unsaturated/α-hetero) is 1. The topological polar surface area (TPSA) is 29.1 Å². The van der Waals surface area contributed by atoms with Crippen molar-refractivity contribution in [3.63, 3.8) is 0 Å². The molecule has 2 aliphatic carbocycles. The molecule has 38 heavy (non-hydrogen) atoms. The number of benzene rings is 3. The van der Waals surface area contributed by atoms with Crippen molar-refractivity contribution < 1.29 is 18.0 Å². The maximum absolute atomic E-state index is 13.9. The molecule has 0 spiro atoms. The smallest absolute Gasteiger partial charge is 0.364 e. The zero-order valence-corrected chi connectivity index (χ0v) is 20.8. The lowest BCUT2D eigenvalue weighted by molar-refractivity contribution is -0.138. The van der Waals surface area contributed by atoms with Gasteiger partial charge in [0.15, 0.2) is 5.78 Å². The Balaban J connectivity index is 1.53. The van der Waals surface area contributed by atoms with Crippen molar-refractivity contribution in [3.05, 3.63) is 129 Å². The second-order valence-electron chi connectivity index (χ2n) is 10.0. The van der Waals surface area contributed by atoms with Crippen LogP contribution in [0.3, 0.4) is 0 Å². The molecule has 0 saturated heterocycles. The summed E-state index contributed by atoms with van der Waals surface area (Å²) < 4.78 is 40.9. The molecule has 3 aromatic carbocycles. The van der Waals surface area contributed by atoms with Crippen LogP contribution in [0.4, 0.5) is 13.2 Å². The van der Waals surface area contributed by atoms with Gasteiger partial charge in [0.1, 0.15) is 0 Å². The predicted molar refractivity (Wildman–Crippen MR) is 145 cm³/mol. The normalized spacial score (nSPS) is 19.5. The van der Waals surface area contributed by atoms with E-state index in [-0.39, 0.29) is 22.8 Å². The number of carbonyl (C=O) groups is 1. The fraction of sp³-hybridized carbons (Fsp3) is 0.182. The van der Waals surface area contributed by atoms with Crippen LogP contribution in [0.25, 0.3) is 23.3 Å². The fourth-order valence-corrected chi connectivity index (χ4v) is 6.00. The van der Waals surface area contributed by atoms with Crippen molar-refractivity contribution in [3.8, 4) is 11.1 Å². The number of nitrogens with one attached hydrogen (secondary N) is 1. The molecule has 0 aromatic heterocycles. The van der Waals surface area contributed by atoms with Gasteiger partial charge in [-0.15, -0.1) is 0 Å². The molecule has 0 amide bonds. The Morgan fingerprint density at radius 1 is 0.921 bits per heavy atom. The minimum Gasteiger partial charge on any atom is -0.364 e. The molecule has 1 heterocycles. The molecule has 1 aliphatic heterocycles. The van der Waals surface area contributed by atoms with Gasteiger partial charge in [-0.05, 0) is 76.2 Å². The number of ketones is 1. The zero-order valence-electron chi connectivity index (χ0n) is 20.8. The van der Waals surface area contributed by atoms with Gasteiger partial charge in [-0.3, -0.25) is 4.79 Å². The molecule has 2 nitrogen and oxygen atoms in total. The van der Waals surface area contributed by atoms with Gasteiger partial charge in [-0.1, -0.05) is 72.8 Å². The Hall–Kier alpha value is -4.12. The highest BCUT2D eigenvalue weighted by molar-refractivity contribution is 6.03. The molecule has 0 radical (unpaired) electrons. The van der Waals surface area contributed by atoms with E-state index in [1.54, 1.807) is 0 Å². The van der Waals surface area contributed by atoms with Crippen molar-refractivity contribution >= 4 is 17.9 Å². The molecule has 1 N–H and O–H groups in total. The second-order valence-corrected chi connectivity index (χ2v) is 10.0. The molecule has 2 unspecified atom stereocenters. The van der Waals surface area contributed by atoms with E-state index in [4.69, 9.17) is 0 Å². The number of alkyl halides is 3. The van der Waals surface area contributed by atoms with Crippen LogP contribution in [-0.2, 0) is 12.6 Å². The third kappa shape index (κ3) is 4.12. The molecule has 3 aliphatic rings. The summed E-state index contributed by atoms with van der Waals surface area (Å²) in [5, 5.41) is 5.45. The van der Waals surface area contributed by atoms with Crippen LogP contribution in [0.2, 0.25) is 0 Å². The summed E-state index contributed by atoms with van der Waals surface area (Å²) in [5.41, 5.74) is 4.97. The van der Waals surface area contributed by atoms with Gasteiger partial charge in [0.25, 0.3) is 0 Å². The molecule has 0 saturated carbocycles. The number of hydrogen-bond donors (Lipinski definition) is 1. The lowest BCUT2D eigenvalue weighted by Crippen LogP contribution is -2.40. The van der Waals surface area contributed by atoms with Crippen LogP contribution in [0, 0.1) is 12.8 Å². The van der Waals surface area contributed by atoms with E-state index in [1.165, 1.54) is 30.2 Å². The first-order chi connectivity index (χ1) is 18.3. The van der Waals surface area contributed by atoms with Crippen molar-refractivity contribution in [2.45, 2.75) is 31.9 Å². The summed E-state index contributed by atoms with van der Waals surface area (Å²) in [5.74, 6) is -0.956. The molecule has 0 fully saturated rings. The van der Waals surface area contributed by atoms with Gasteiger partial charge < -0.3 is 5.32 Å². The minimum absolute atomic E-state index is 0.0194. The summed E-state index contributed by atoms with van der Waals surface area (Å²) in [6.45, 7) is 1.39. The van der Waals surface area contributed by atoms with Gasteiger partial charge >= 0.3 is 6.18 Å². The van der Waals surface area contributed by atoms with Crippen LogP contribution >= 0.6 is 0 Å². The van der Waals surface area contributed by atoms with Crippen LogP contribution in [0.5, 0.6) is 0 Å². The van der Waals surface area contributed by atoms with Crippen molar-refractivity contribution in [2.75, 3.05) is 0 Å². The van der Waals surface area contributed by atoms with Gasteiger partial charge in [-0.25, -0.2) is 0 Å². The van der Waals surface area contributed by atoms with E-state index in [0.29, 0.717) is 6.42 Å². The SMILES string of the molecule is Cc1c(C(=O)C2C=c3c(ccc4c3=CCc3ccccc3-4)C(C3=CC=CC=CN3)C2)cccc1C(F)(F)F. The largest absolute Gasteiger partial charge is 0.416 e. The molecule has 190 valence electrons. The highest BCUT2D eigenvalue weighted by Gasteiger charge is 2.36. The zero-order chi connectivity index (χ0) is 26.4. The molecular formula is C33H26F3NO. The van der Waals surface area contributed by atoms with Crippen LogP contribution in [-0.4, -0.2) is 5.78 Å². The molecule has 5 heteroatoms. The number of rotatable bonds is 3. The fourth-order valence-electron chi connectivity index (χ4n) is 6.00. The first-order valence-corrected chi connectivity index (χ1v) is 12.8. The van der Waals surface area contributed by atoms with Crippen molar-refractivity contribution in [1.82, 2.24) is 5.32 Å². The van der Waals surface area contributed by atoms with Crippen LogP contribution in [0.1, 0.15) is 45.0 Å². The number of allylic oxidation sites excluding steroid dienone is 5. The highest BCUT2D eigenvalue weighted by atomic mass is 19.4. The van der Waals surface area contributed by atoms with Gasteiger partial charge in [0, 0.05) is 29.3 Å². The monoisotopic (exact) mass is 509 g/mol. The van der Waals surface area contributed by atoms with Crippen molar-refractivity contribution in [2.24, 2.45) is 5.92 Å². The standard InChI is InChI=1S/C33H26F3NO/c1-20-23(10-7-11-30(20)33(34,35)36)32(38)22-18-28-26-14-13-21-8-4-5-9-24(21)25(26)15-16-27(28)29(19-22)31-12-3-2-6-17-37-31/h2-12,14-18,22,29,37H,13,19H2,1H3. The number of hydrogen-bond acceptors (Lipinski definition) is 2. The summed E-state index contributed by atoms with van der Waals surface area (Å²) in [6.07, 6.45) is 10.6. The minimum atomic E-state index is -4.51. The molecule has 6 rings (SSSR count). The van der Waals surface area contributed by atoms with E-state index in [0.717, 1.165) is 39.7 Å². The van der Waals surface area contributed by atoms with E-state index in [9.17, 15) is 18.0 Å². The van der Waals surface area contributed by atoms with Crippen LogP contribution in [0.15, 0.2) is 90.8 Å². The average Bonchev–Trinajstić information content (AvgIpc) is 3.21. The summed E-state index contributed by atoms with van der Waals surface area (Å²) in [7, 11) is 0. The maximum Gasteiger partial charge on any atom is 0.416 e. The third-order valence-electron chi connectivity index (χ3n) is 7.85. The Morgan fingerprint density at radius 3 is 2.61 bits per heavy atom. The van der Waals surface area contributed by atoms with Gasteiger partial charge in [-0.2, -0.15) is 13.2 Å². The molecule has 2 atom stereocenters. The first kappa shape index (κ1) is 24.2. The summed E-state index contributed by atoms with van der Waals surface area (Å²) in [4.78, 5) is 13.9. The number of halogens is 3. The van der Waals surface area contributed by atoms with Gasteiger partial charge in [0.2, 0.25) is 0 Å². The Bertz CT molecular complexity index is 1670. The highest BCUT2D eigenvalue weighted by Crippen LogP contribution is 2.37. The Labute approximate surface area is 219 Å². The van der Waals surface area contributed by atoms with E-state index in [1.807, 2.05) is 48.7 Å². The number of fused-ring (bicyclic) bond motifs is 5. The lowest BCUT2D eigenvalue weighted by Gasteiger charge is -2.30. The van der Waals surface area contributed by atoms with E-state index in [2.05, 4.69) is 35.7 Å². The first-order valence-electron chi connectivity index (χ1n) is 12.8.